The number of aromatic hydroxyl groups is 1. The summed E-state index contributed by atoms with van der Waals surface area (Å²) < 4.78 is 25.7. The van der Waals surface area contributed by atoms with E-state index in [0.717, 1.165) is 6.20 Å². The van der Waals surface area contributed by atoms with Gasteiger partial charge in [-0.05, 0) is 18.2 Å². The Kier molecular flexibility index (Phi) is 5.19. The average molecular weight is 393 g/mol. The summed E-state index contributed by atoms with van der Waals surface area (Å²) in [5.74, 6) is -0.627. The van der Waals surface area contributed by atoms with Gasteiger partial charge in [0.25, 0.3) is 10.0 Å². The van der Waals surface area contributed by atoms with Gasteiger partial charge in [0.1, 0.15) is 0 Å². The number of benzene rings is 1. The molecule has 9 nitrogen and oxygen atoms in total. The van der Waals surface area contributed by atoms with E-state index >= 15 is 0 Å². The minimum absolute atomic E-state index is 0.0518. The van der Waals surface area contributed by atoms with Crippen LogP contribution in [0.15, 0.2) is 52.3 Å². The van der Waals surface area contributed by atoms with Gasteiger partial charge in [-0.3, -0.25) is 9.69 Å². The second-order valence-electron chi connectivity index (χ2n) is 6.15. The Morgan fingerprint density at radius 1 is 1.04 bits per heavy atom. The van der Waals surface area contributed by atoms with Crippen LogP contribution in [0, 0.1) is 0 Å². The normalized spacial score (nSPS) is 15.6. The molecule has 1 aliphatic heterocycles. The third-order valence-electron chi connectivity index (χ3n) is 4.45. The van der Waals surface area contributed by atoms with Crippen molar-refractivity contribution in [3.63, 3.8) is 0 Å². The Bertz CT molecular complexity index is 995. The molecule has 0 aliphatic carbocycles. The molecule has 27 heavy (non-hydrogen) atoms. The number of piperazine rings is 1. The fourth-order valence-electron chi connectivity index (χ4n) is 2.91. The minimum atomic E-state index is -4.10. The van der Waals surface area contributed by atoms with Crippen LogP contribution < -0.4 is 5.56 Å². The van der Waals surface area contributed by atoms with Gasteiger partial charge in [0.2, 0.25) is 0 Å². The van der Waals surface area contributed by atoms with Crippen molar-refractivity contribution >= 4 is 16.1 Å². The van der Waals surface area contributed by atoms with Gasteiger partial charge in [0.05, 0.1) is 4.90 Å². The molecule has 1 aliphatic rings. The third kappa shape index (κ3) is 3.81. The topological polar surface area (TPSA) is 120 Å². The second kappa shape index (κ2) is 7.41. The highest BCUT2D eigenvalue weighted by Crippen LogP contribution is 2.18. The van der Waals surface area contributed by atoms with Crippen molar-refractivity contribution in [3.05, 3.63) is 58.5 Å². The lowest BCUT2D eigenvalue weighted by Crippen LogP contribution is -2.47. The highest BCUT2D eigenvalue weighted by Gasteiger charge is 2.24. The molecule has 0 bridgehead atoms. The van der Waals surface area contributed by atoms with Gasteiger partial charge in [-0.1, -0.05) is 18.2 Å². The number of carboxylic acid groups (broad SMARTS) is 1. The summed E-state index contributed by atoms with van der Waals surface area (Å²) >= 11 is 0. The SMILES string of the molecule is O=C(O)N1CCN(Cc2ccn(S(=O)(=O)c3ccccc3)c(=O)c2O)CC1. The Balaban J connectivity index is 1.82. The predicted octanol–water partition coefficient (Wildman–Crippen LogP) is 0.587. The van der Waals surface area contributed by atoms with Crippen molar-refractivity contribution in [1.29, 1.82) is 0 Å². The van der Waals surface area contributed by atoms with Crippen LogP contribution in [-0.4, -0.2) is 64.7 Å². The summed E-state index contributed by atoms with van der Waals surface area (Å²) in [4.78, 5) is 26.5. The van der Waals surface area contributed by atoms with Crippen molar-refractivity contribution < 1.29 is 23.4 Å². The molecule has 3 rings (SSSR count). The molecule has 1 aromatic heterocycles. The molecule has 0 spiro atoms. The summed E-state index contributed by atoms with van der Waals surface area (Å²) in [5, 5.41) is 19.2. The van der Waals surface area contributed by atoms with Gasteiger partial charge in [0, 0.05) is 44.5 Å². The third-order valence-corrected chi connectivity index (χ3v) is 6.13. The Morgan fingerprint density at radius 3 is 2.26 bits per heavy atom. The van der Waals surface area contributed by atoms with E-state index in [1.54, 1.807) is 18.2 Å². The summed E-state index contributed by atoms with van der Waals surface area (Å²) in [6.07, 6.45) is 0.152. The summed E-state index contributed by atoms with van der Waals surface area (Å²) in [7, 11) is -4.10. The number of nitrogens with zero attached hydrogens (tertiary/aromatic N) is 3. The molecule has 1 aromatic carbocycles. The van der Waals surface area contributed by atoms with E-state index in [2.05, 4.69) is 0 Å². The van der Waals surface area contributed by atoms with Crippen LogP contribution in [-0.2, 0) is 16.6 Å². The standard InChI is InChI=1S/C17H19N3O6S/c21-15-13(12-18-8-10-19(11-9-18)17(23)24)6-7-20(16(15)22)27(25,26)14-4-2-1-3-5-14/h1-7,21H,8-12H2,(H,23,24). The molecule has 10 heteroatoms. The van der Waals surface area contributed by atoms with Crippen LogP contribution in [0.25, 0.3) is 0 Å². The van der Waals surface area contributed by atoms with Gasteiger partial charge >= 0.3 is 11.7 Å². The van der Waals surface area contributed by atoms with E-state index < -0.39 is 27.4 Å². The lowest BCUT2D eigenvalue weighted by atomic mass is 10.2. The molecular weight excluding hydrogens is 374 g/mol. The van der Waals surface area contributed by atoms with Crippen molar-refractivity contribution in [3.8, 4) is 5.75 Å². The number of pyridine rings is 1. The summed E-state index contributed by atoms with van der Waals surface area (Å²) in [6, 6.07) is 8.88. The molecule has 2 N–H and O–H groups in total. The molecule has 2 heterocycles. The molecule has 0 unspecified atom stereocenters. The van der Waals surface area contributed by atoms with Gasteiger partial charge in [-0.25, -0.2) is 17.2 Å². The number of amides is 1. The zero-order valence-electron chi connectivity index (χ0n) is 14.4. The van der Waals surface area contributed by atoms with E-state index in [0.29, 0.717) is 35.7 Å². The minimum Gasteiger partial charge on any atom is -0.503 e. The smallest absolute Gasteiger partial charge is 0.407 e. The quantitative estimate of drug-likeness (QED) is 0.780. The van der Waals surface area contributed by atoms with Crippen LogP contribution in [0.2, 0.25) is 0 Å². The number of hydrogen-bond donors (Lipinski definition) is 2. The molecule has 0 saturated carbocycles. The molecular formula is C17H19N3O6S. The highest BCUT2D eigenvalue weighted by molar-refractivity contribution is 7.90. The van der Waals surface area contributed by atoms with E-state index in [9.17, 15) is 23.1 Å². The Morgan fingerprint density at radius 2 is 1.67 bits per heavy atom. The van der Waals surface area contributed by atoms with Crippen LogP contribution in [0.5, 0.6) is 5.75 Å². The largest absolute Gasteiger partial charge is 0.503 e. The average Bonchev–Trinajstić information content (AvgIpc) is 2.66. The van der Waals surface area contributed by atoms with Gasteiger partial charge in [-0.2, -0.15) is 0 Å². The maximum Gasteiger partial charge on any atom is 0.407 e. The highest BCUT2D eigenvalue weighted by atomic mass is 32.2. The van der Waals surface area contributed by atoms with E-state index in [1.807, 2.05) is 4.90 Å². The lowest BCUT2D eigenvalue weighted by Gasteiger charge is -2.33. The first-order valence-electron chi connectivity index (χ1n) is 8.25. The van der Waals surface area contributed by atoms with Gasteiger partial charge in [0.15, 0.2) is 5.75 Å². The van der Waals surface area contributed by atoms with Crippen LogP contribution in [0.1, 0.15) is 5.56 Å². The fraction of sp³-hybridized carbons (Fsp3) is 0.294. The maximum atomic E-state index is 12.6. The lowest BCUT2D eigenvalue weighted by molar-refractivity contribution is 0.102. The Hall–Kier alpha value is -2.85. The van der Waals surface area contributed by atoms with E-state index in [-0.39, 0.29) is 11.4 Å². The molecule has 1 saturated heterocycles. The van der Waals surface area contributed by atoms with Crippen molar-refractivity contribution in [1.82, 2.24) is 13.8 Å². The monoisotopic (exact) mass is 393 g/mol. The molecule has 2 aromatic rings. The van der Waals surface area contributed by atoms with Crippen molar-refractivity contribution in [2.24, 2.45) is 0 Å². The first kappa shape index (κ1) is 18.9. The maximum absolute atomic E-state index is 12.6. The van der Waals surface area contributed by atoms with E-state index in [4.69, 9.17) is 5.11 Å². The van der Waals surface area contributed by atoms with Crippen LogP contribution >= 0.6 is 0 Å². The van der Waals surface area contributed by atoms with Crippen molar-refractivity contribution in [2.45, 2.75) is 11.4 Å². The first-order valence-corrected chi connectivity index (χ1v) is 9.69. The van der Waals surface area contributed by atoms with Gasteiger partial charge < -0.3 is 15.1 Å². The van der Waals surface area contributed by atoms with E-state index in [1.165, 1.54) is 23.1 Å². The molecule has 1 amide bonds. The number of aromatic nitrogens is 1. The van der Waals surface area contributed by atoms with Crippen LogP contribution in [0.4, 0.5) is 4.79 Å². The summed E-state index contributed by atoms with van der Waals surface area (Å²) in [5.41, 5.74) is -0.719. The predicted molar refractivity (Wildman–Crippen MR) is 96.3 cm³/mol. The molecule has 0 atom stereocenters. The molecule has 144 valence electrons. The van der Waals surface area contributed by atoms with Gasteiger partial charge in [-0.15, -0.1) is 0 Å². The number of carbonyl (C=O) groups is 1. The van der Waals surface area contributed by atoms with Crippen molar-refractivity contribution in [2.75, 3.05) is 26.2 Å². The molecule has 0 radical (unpaired) electrons. The summed E-state index contributed by atoms with van der Waals surface area (Å²) in [6.45, 7) is 1.79. The first-order chi connectivity index (χ1) is 12.8. The zero-order valence-corrected chi connectivity index (χ0v) is 15.2. The molecule has 1 fully saturated rings. The number of rotatable bonds is 4. The zero-order chi connectivity index (χ0) is 19.6. The van der Waals surface area contributed by atoms with Crippen LogP contribution in [0.3, 0.4) is 0 Å². The Labute approximate surface area is 155 Å². The fourth-order valence-corrected chi connectivity index (χ4v) is 4.16. The second-order valence-corrected chi connectivity index (χ2v) is 7.97. The number of hydrogen-bond acceptors (Lipinski definition) is 6.